The van der Waals surface area contributed by atoms with Crippen LogP contribution in [0.2, 0.25) is 5.02 Å². The summed E-state index contributed by atoms with van der Waals surface area (Å²) in [7, 11) is 1.44. The Balaban J connectivity index is 3.12. The third-order valence-electron chi connectivity index (χ3n) is 3.17. The molecule has 0 bridgehead atoms. The van der Waals surface area contributed by atoms with Gasteiger partial charge in [-0.05, 0) is 6.07 Å². The summed E-state index contributed by atoms with van der Waals surface area (Å²) >= 11 is 6.17. The Morgan fingerprint density at radius 1 is 1.33 bits per heavy atom. The summed E-state index contributed by atoms with van der Waals surface area (Å²) in [5, 5.41) is 22.2. The lowest BCUT2D eigenvalue weighted by atomic mass is 10.1. The zero-order chi connectivity index (χ0) is 18.1. The number of nitriles is 2. The number of nitrogens with one attached hydrogen (secondary N) is 2. The van der Waals surface area contributed by atoms with Gasteiger partial charge in [-0.25, -0.2) is 5.01 Å². The van der Waals surface area contributed by atoms with E-state index < -0.39 is 0 Å². The highest BCUT2D eigenvalue weighted by molar-refractivity contribution is 6.33. The number of ether oxygens (including phenoxy) is 1. The Hall–Kier alpha value is -2.74. The lowest BCUT2D eigenvalue weighted by Gasteiger charge is -2.20. The molecule has 0 spiro atoms. The number of halogens is 1. The van der Waals surface area contributed by atoms with Crippen LogP contribution in [0.25, 0.3) is 0 Å². The minimum atomic E-state index is -0.339. The van der Waals surface area contributed by atoms with E-state index in [-0.39, 0.29) is 22.1 Å². The first-order valence-corrected chi connectivity index (χ1v) is 7.58. The molecule has 0 heterocycles. The van der Waals surface area contributed by atoms with Gasteiger partial charge >= 0.3 is 0 Å². The van der Waals surface area contributed by atoms with Gasteiger partial charge in [0.05, 0.1) is 23.4 Å². The maximum absolute atomic E-state index is 12.4. The minimum Gasteiger partial charge on any atom is -0.496 e. The second kappa shape index (κ2) is 9.41. The van der Waals surface area contributed by atoms with E-state index in [1.54, 1.807) is 17.1 Å². The lowest BCUT2D eigenvalue weighted by molar-refractivity contribution is 0.0802. The number of carbonyl (C=O) groups excluding carboxylic acids is 1. The van der Waals surface area contributed by atoms with Crippen LogP contribution in [0.5, 0.6) is 5.75 Å². The molecule has 0 aromatic heterocycles. The number of hydrogen-bond acceptors (Lipinski definition) is 6. The molecule has 0 saturated carbocycles. The van der Waals surface area contributed by atoms with E-state index in [0.29, 0.717) is 24.5 Å². The van der Waals surface area contributed by atoms with Gasteiger partial charge in [-0.3, -0.25) is 10.2 Å². The normalized spacial score (nSPS) is 9.62. The van der Waals surface area contributed by atoms with Crippen molar-refractivity contribution in [3.8, 4) is 17.9 Å². The zero-order valence-corrected chi connectivity index (χ0v) is 14.4. The molecule has 0 saturated heterocycles. The number of carbonyl (C=O) groups is 1. The Kier molecular flexibility index (Phi) is 7.57. The Labute approximate surface area is 146 Å². The molecular formula is C16H18ClN5O2. The summed E-state index contributed by atoms with van der Waals surface area (Å²) < 4.78 is 5.24. The molecule has 1 aromatic rings. The molecule has 0 aliphatic rings. The average Bonchev–Trinajstić information content (AvgIpc) is 2.60. The van der Waals surface area contributed by atoms with Gasteiger partial charge < -0.3 is 10.1 Å². The van der Waals surface area contributed by atoms with Crippen LogP contribution in [0.1, 0.15) is 24.2 Å². The highest BCUT2D eigenvalue weighted by atomic mass is 35.5. The summed E-state index contributed by atoms with van der Waals surface area (Å²) in [6.07, 6.45) is 1.23. The van der Waals surface area contributed by atoms with Gasteiger partial charge in [0.1, 0.15) is 23.5 Å². The van der Waals surface area contributed by atoms with Crippen LogP contribution < -0.4 is 15.5 Å². The van der Waals surface area contributed by atoms with Crippen LogP contribution in [0, 0.1) is 22.7 Å². The molecule has 0 radical (unpaired) electrons. The van der Waals surface area contributed by atoms with Crippen molar-refractivity contribution in [2.75, 3.05) is 25.5 Å². The largest absolute Gasteiger partial charge is 0.496 e. The monoisotopic (exact) mass is 347 g/mol. The van der Waals surface area contributed by atoms with E-state index in [4.69, 9.17) is 26.9 Å². The summed E-state index contributed by atoms with van der Waals surface area (Å²) in [4.78, 5) is 12.4. The molecular weight excluding hydrogens is 330 g/mol. The predicted molar refractivity (Wildman–Crippen MR) is 91.3 cm³/mol. The van der Waals surface area contributed by atoms with Crippen molar-refractivity contribution in [3.05, 3.63) is 34.5 Å². The highest BCUT2D eigenvalue weighted by Gasteiger charge is 2.17. The molecule has 0 aliphatic carbocycles. The van der Waals surface area contributed by atoms with Crippen LogP contribution in [0.15, 0.2) is 23.9 Å². The van der Waals surface area contributed by atoms with Gasteiger partial charge in [0.25, 0.3) is 5.91 Å². The van der Waals surface area contributed by atoms with E-state index in [9.17, 15) is 4.79 Å². The van der Waals surface area contributed by atoms with Crippen molar-refractivity contribution in [2.45, 2.75) is 13.8 Å². The molecule has 1 amide bonds. The fourth-order valence-corrected chi connectivity index (χ4v) is 2.05. The van der Waals surface area contributed by atoms with Crippen molar-refractivity contribution in [3.63, 3.8) is 0 Å². The quantitative estimate of drug-likeness (QED) is 0.581. The number of allylic oxidation sites excluding steroid dienone is 1. The molecule has 2 N–H and O–H groups in total. The predicted octanol–water partition coefficient (Wildman–Crippen LogP) is 2.68. The molecule has 24 heavy (non-hydrogen) atoms. The number of benzene rings is 1. The molecule has 126 valence electrons. The van der Waals surface area contributed by atoms with Crippen molar-refractivity contribution >= 4 is 23.2 Å². The van der Waals surface area contributed by atoms with E-state index in [1.807, 2.05) is 13.8 Å². The number of methoxy groups -OCH3 is 1. The maximum Gasteiger partial charge on any atom is 0.269 e. The summed E-state index contributed by atoms with van der Waals surface area (Å²) in [6.45, 7) is 5.17. The van der Waals surface area contributed by atoms with Gasteiger partial charge in [0, 0.05) is 25.4 Å². The summed E-state index contributed by atoms with van der Waals surface area (Å²) in [5.74, 6) is -0.0234. The maximum atomic E-state index is 12.4. The number of nitrogens with zero attached hydrogens (tertiary/aromatic N) is 3. The summed E-state index contributed by atoms with van der Waals surface area (Å²) in [6, 6.07) is 6.45. The van der Waals surface area contributed by atoms with Crippen LogP contribution >= 0.6 is 11.6 Å². The van der Waals surface area contributed by atoms with E-state index in [2.05, 4.69) is 10.7 Å². The van der Waals surface area contributed by atoms with Crippen LogP contribution in [0.4, 0.5) is 5.69 Å². The smallest absolute Gasteiger partial charge is 0.269 e. The molecule has 0 fully saturated rings. The Bertz CT molecular complexity index is 698. The van der Waals surface area contributed by atoms with Gasteiger partial charge in [-0.15, -0.1) is 0 Å². The van der Waals surface area contributed by atoms with Crippen molar-refractivity contribution in [1.29, 1.82) is 10.5 Å². The third kappa shape index (κ3) is 4.88. The zero-order valence-electron chi connectivity index (χ0n) is 13.7. The van der Waals surface area contributed by atoms with Crippen molar-refractivity contribution in [1.82, 2.24) is 10.4 Å². The number of anilines is 1. The SMILES string of the molecule is CCN(CC)NC(=O)c1cc(Cl)c(NC=C(C#N)C#N)cc1OC. The average molecular weight is 348 g/mol. The highest BCUT2D eigenvalue weighted by Crippen LogP contribution is 2.31. The lowest BCUT2D eigenvalue weighted by Crippen LogP contribution is -2.41. The van der Waals surface area contributed by atoms with Gasteiger partial charge in [-0.2, -0.15) is 10.5 Å². The first-order chi connectivity index (χ1) is 11.5. The first-order valence-electron chi connectivity index (χ1n) is 7.21. The summed E-state index contributed by atoms with van der Waals surface area (Å²) in [5.41, 5.74) is 3.35. The fourth-order valence-electron chi connectivity index (χ4n) is 1.84. The number of hydrogen-bond donors (Lipinski definition) is 2. The molecule has 0 atom stereocenters. The Morgan fingerprint density at radius 3 is 2.46 bits per heavy atom. The Morgan fingerprint density at radius 2 is 1.96 bits per heavy atom. The second-order valence-electron chi connectivity index (χ2n) is 4.57. The molecule has 8 heteroatoms. The molecule has 1 aromatic carbocycles. The second-order valence-corrected chi connectivity index (χ2v) is 4.98. The van der Waals surface area contributed by atoms with Crippen LogP contribution in [0.3, 0.4) is 0 Å². The minimum absolute atomic E-state index is 0.103. The number of rotatable bonds is 7. The molecule has 1 rings (SSSR count). The van der Waals surface area contributed by atoms with Crippen LogP contribution in [-0.2, 0) is 0 Å². The topological polar surface area (TPSA) is 101 Å². The number of hydrazine groups is 1. The van der Waals surface area contributed by atoms with E-state index in [1.165, 1.54) is 25.4 Å². The number of amides is 1. The fraction of sp³-hybridized carbons (Fsp3) is 0.312. The van der Waals surface area contributed by atoms with Crippen molar-refractivity contribution in [2.24, 2.45) is 0 Å². The van der Waals surface area contributed by atoms with Gasteiger partial charge in [0.2, 0.25) is 0 Å². The third-order valence-corrected chi connectivity index (χ3v) is 3.48. The molecule has 0 aliphatic heterocycles. The molecule has 0 unspecified atom stereocenters. The van der Waals surface area contributed by atoms with Crippen molar-refractivity contribution < 1.29 is 9.53 Å². The van der Waals surface area contributed by atoms with Gasteiger partial charge in [-0.1, -0.05) is 25.4 Å². The first kappa shape index (κ1) is 19.3. The van der Waals surface area contributed by atoms with Gasteiger partial charge in [0.15, 0.2) is 0 Å². The van der Waals surface area contributed by atoms with Crippen LogP contribution in [-0.4, -0.2) is 31.1 Å². The standard InChI is InChI=1S/C16H18ClN5O2/c1-4-22(5-2)21-16(23)12-6-13(17)14(7-15(12)24-3)20-10-11(8-18)9-19/h6-7,10,20H,4-5H2,1-3H3,(H,21,23). The molecule has 7 nitrogen and oxygen atoms in total. The van der Waals surface area contributed by atoms with E-state index in [0.717, 1.165) is 0 Å². The van der Waals surface area contributed by atoms with E-state index >= 15 is 0 Å².